The number of amides is 1. The minimum Gasteiger partial charge on any atom is -0.497 e. The summed E-state index contributed by atoms with van der Waals surface area (Å²) in [5.74, 6) is 0.0256. The van der Waals surface area contributed by atoms with Crippen LogP contribution >= 0.6 is 7.52 Å². The van der Waals surface area contributed by atoms with Crippen molar-refractivity contribution in [3.8, 4) is 5.75 Å². The topological polar surface area (TPSA) is 91.3 Å². The predicted octanol–water partition coefficient (Wildman–Crippen LogP) is 2.80. The highest BCUT2D eigenvalue weighted by Gasteiger charge is 2.44. The minimum absolute atomic E-state index is 0.247. The second kappa shape index (κ2) is 11.1. The van der Waals surface area contributed by atoms with Gasteiger partial charge in [0.05, 0.1) is 19.0 Å². The highest BCUT2D eigenvalue weighted by Crippen LogP contribution is 2.53. The lowest BCUT2D eigenvalue weighted by Crippen LogP contribution is -2.49. The Morgan fingerprint density at radius 3 is 2.41 bits per heavy atom. The molecule has 1 aliphatic rings. The summed E-state index contributed by atoms with van der Waals surface area (Å²) >= 11 is 0. The molecule has 0 fully saturated rings. The average Bonchev–Trinajstić information content (AvgIpc) is 2.85. The first-order chi connectivity index (χ1) is 15.5. The smallest absolute Gasteiger partial charge is 0.303 e. The first-order valence-corrected chi connectivity index (χ1v) is 12.4. The molecule has 0 radical (unpaired) electrons. The van der Waals surface area contributed by atoms with Gasteiger partial charge in [0.25, 0.3) is 5.91 Å². The highest BCUT2D eigenvalue weighted by molar-refractivity contribution is 7.64. The molecule has 2 N–H and O–H groups in total. The molecule has 2 atom stereocenters. The average molecular weight is 461 g/mol. The summed E-state index contributed by atoms with van der Waals surface area (Å²) in [6.07, 6.45) is 0.322. The number of nitrogens with one attached hydrogen (secondary N) is 1. The highest BCUT2D eigenvalue weighted by atomic mass is 31.2. The molecule has 0 saturated carbocycles. The van der Waals surface area contributed by atoms with E-state index >= 15 is 0 Å². The zero-order valence-electron chi connectivity index (χ0n) is 18.9. The normalized spacial score (nSPS) is 18.1. The first-order valence-electron chi connectivity index (χ1n) is 10.9. The summed E-state index contributed by atoms with van der Waals surface area (Å²) in [5.41, 5.74) is 3.71. The van der Waals surface area contributed by atoms with Gasteiger partial charge in [0, 0.05) is 13.1 Å². The number of carbonyl (C=O) groups excluding carboxylic acids is 1. The molecule has 0 saturated heterocycles. The van der Waals surface area contributed by atoms with E-state index in [0.717, 1.165) is 24.2 Å². The van der Waals surface area contributed by atoms with Crippen molar-refractivity contribution >= 4 is 18.7 Å². The second-order valence-electron chi connectivity index (χ2n) is 7.64. The molecule has 8 nitrogen and oxygen atoms in total. The molecule has 0 unspecified atom stereocenters. The van der Waals surface area contributed by atoms with Gasteiger partial charge >= 0.3 is 7.52 Å². The molecule has 9 heteroatoms. The van der Waals surface area contributed by atoms with Gasteiger partial charge in [-0.3, -0.25) is 14.6 Å². The van der Waals surface area contributed by atoms with Crippen LogP contribution in [0.4, 0.5) is 0 Å². The van der Waals surface area contributed by atoms with Crippen molar-refractivity contribution in [3.05, 3.63) is 59.7 Å². The molecule has 1 aliphatic heterocycles. The molecule has 0 aliphatic carbocycles. The van der Waals surface area contributed by atoms with Gasteiger partial charge in [0.15, 0.2) is 0 Å². The number of likely N-dealkylation sites (N-methyl/N-ethyl adjacent to an activating group) is 1. The lowest BCUT2D eigenvalue weighted by Gasteiger charge is -2.40. The first kappa shape index (κ1) is 24.4. The van der Waals surface area contributed by atoms with Crippen molar-refractivity contribution in [2.75, 3.05) is 33.4 Å². The largest absolute Gasteiger partial charge is 0.497 e. The number of nitrogens with zero attached hydrogens (tertiary/aromatic N) is 2. The number of hydroxylamine groups is 1. The Hall–Kier alpha value is -2.22. The standard InChI is InChI=1S/C23H32N3O5P/c1-4-25(5-2)14-15-31-32(29,21-12-10-20(30-3)11-13-21)26-17-19-9-7-6-8-18(19)16-22(26)23(27)24-28/h6-13,22,28H,4-5,14-17H2,1-3H3,(H,24,27)/t22-,32-/m1/s1. The molecule has 32 heavy (non-hydrogen) atoms. The maximum atomic E-state index is 14.6. The fourth-order valence-corrected chi connectivity index (χ4v) is 6.33. The van der Waals surface area contributed by atoms with E-state index in [1.54, 1.807) is 41.5 Å². The van der Waals surface area contributed by atoms with Crippen LogP contribution in [0.2, 0.25) is 0 Å². The van der Waals surface area contributed by atoms with E-state index in [1.807, 2.05) is 24.3 Å². The van der Waals surface area contributed by atoms with Gasteiger partial charge in [-0.2, -0.15) is 0 Å². The summed E-state index contributed by atoms with van der Waals surface area (Å²) in [6.45, 7) is 6.98. The number of hydrogen-bond acceptors (Lipinski definition) is 6. The van der Waals surface area contributed by atoms with E-state index in [0.29, 0.717) is 24.0 Å². The monoisotopic (exact) mass is 461 g/mol. The van der Waals surface area contributed by atoms with Crippen LogP contribution in [0.25, 0.3) is 0 Å². The fraction of sp³-hybridized carbons (Fsp3) is 0.435. The number of carbonyl (C=O) groups is 1. The summed E-state index contributed by atoms with van der Waals surface area (Å²) in [4.78, 5) is 14.8. The summed E-state index contributed by atoms with van der Waals surface area (Å²) in [7, 11) is -2.09. The van der Waals surface area contributed by atoms with Crippen LogP contribution < -0.4 is 15.5 Å². The molecule has 2 aromatic carbocycles. The van der Waals surface area contributed by atoms with E-state index in [2.05, 4.69) is 18.7 Å². The minimum atomic E-state index is -3.65. The van der Waals surface area contributed by atoms with Crippen molar-refractivity contribution in [3.63, 3.8) is 0 Å². The van der Waals surface area contributed by atoms with E-state index in [4.69, 9.17) is 9.26 Å². The molecule has 0 bridgehead atoms. The molecule has 1 heterocycles. The summed E-state index contributed by atoms with van der Waals surface area (Å²) in [6, 6.07) is 13.8. The number of methoxy groups -OCH3 is 1. The van der Waals surface area contributed by atoms with E-state index in [-0.39, 0.29) is 13.2 Å². The molecule has 0 spiro atoms. The molecule has 0 aromatic heterocycles. The Bertz CT molecular complexity index is 949. The lowest BCUT2D eigenvalue weighted by molar-refractivity contribution is -0.133. The number of rotatable bonds is 10. The molecule has 2 aromatic rings. The Morgan fingerprint density at radius 1 is 1.16 bits per heavy atom. The summed E-state index contributed by atoms with van der Waals surface area (Å²) < 4.78 is 27.5. The third-order valence-corrected chi connectivity index (χ3v) is 8.52. The quantitative estimate of drug-likeness (QED) is 0.319. The van der Waals surface area contributed by atoms with Gasteiger partial charge in [-0.1, -0.05) is 38.1 Å². The molecular formula is C23H32N3O5P. The van der Waals surface area contributed by atoms with Crippen LogP contribution in [0.5, 0.6) is 5.75 Å². The van der Waals surface area contributed by atoms with Crippen LogP contribution in [0.15, 0.2) is 48.5 Å². The third kappa shape index (κ3) is 5.22. The molecule has 3 rings (SSSR count). The summed E-state index contributed by atoms with van der Waals surface area (Å²) in [5, 5.41) is 9.87. The fourth-order valence-electron chi connectivity index (χ4n) is 3.99. The zero-order valence-corrected chi connectivity index (χ0v) is 19.8. The van der Waals surface area contributed by atoms with Crippen molar-refractivity contribution in [2.24, 2.45) is 0 Å². The van der Waals surface area contributed by atoms with Gasteiger partial charge in [-0.05, 0) is 54.9 Å². The van der Waals surface area contributed by atoms with Gasteiger partial charge in [-0.15, -0.1) is 0 Å². The second-order valence-corrected chi connectivity index (χ2v) is 9.97. The van der Waals surface area contributed by atoms with Crippen molar-refractivity contribution in [1.82, 2.24) is 15.1 Å². The molecule has 1 amide bonds. The van der Waals surface area contributed by atoms with Crippen molar-refractivity contribution < 1.29 is 23.8 Å². The van der Waals surface area contributed by atoms with Crippen LogP contribution in [0.1, 0.15) is 25.0 Å². The van der Waals surface area contributed by atoms with Gasteiger partial charge < -0.3 is 14.2 Å². The van der Waals surface area contributed by atoms with E-state index in [9.17, 15) is 14.6 Å². The molecule has 174 valence electrons. The molecular weight excluding hydrogens is 429 g/mol. The Labute approximate surface area is 189 Å². The van der Waals surface area contributed by atoms with Crippen LogP contribution in [-0.4, -0.2) is 60.1 Å². The maximum Gasteiger partial charge on any atom is 0.303 e. The van der Waals surface area contributed by atoms with Gasteiger partial charge in [0.2, 0.25) is 0 Å². The van der Waals surface area contributed by atoms with Crippen LogP contribution in [-0.2, 0) is 26.8 Å². The van der Waals surface area contributed by atoms with Crippen LogP contribution in [0, 0.1) is 0 Å². The number of fused-ring (bicyclic) bond motifs is 1. The number of hydrogen-bond donors (Lipinski definition) is 2. The van der Waals surface area contributed by atoms with Gasteiger partial charge in [-0.25, -0.2) is 10.2 Å². The van der Waals surface area contributed by atoms with Crippen molar-refractivity contribution in [1.29, 1.82) is 0 Å². The number of ether oxygens (including phenoxy) is 1. The van der Waals surface area contributed by atoms with Gasteiger partial charge in [0.1, 0.15) is 11.8 Å². The van der Waals surface area contributed by atoms with Crippen molar-refractivity contribution in [2.45, 2.75) is 32.9 Å². The maximum absolute atomic E-state index is 14.6. The Kier molecular flexibility index (Phi) is 8.45. The van der Waals surface area contributed by atoms with E-state index in [1.165, 1.54) is 0 Å². The van der Waals surface area contributed by atoms with E-state index < -0.39 is 19.5 Å². The third-order valence-electron chi connectivity index (χ3n) is 5.94. The Morgan fingerprint density at radius 2 is 1.81 bits per heavy atom. The number of benzene rings is 2. The van der Waals surface area contributed by atoms with Crippen LogP contribution in [0.3, 0.4) is 0 Å². The predicted molar refractivity (Wildman–Crippen MR) is 123 cm³/mol. The lowest BCUT2D eigenvalue weighted by atomic mass is 9.95. The zero-order chi connectivity index (χ0) is 23.1. The Balaban J connectivity index is 2.01. The SMILES string of the molecule is CCN(CC)CCO[P@](=O)(c1ccc(OC)cc1)N1Cc2ccccc2C[C@@H]1C(=O)NO.